The molecule has 0 unspecified atom stereocenters. The van der Waals surface area contributed by atoms with Gasteiger partial charge in [-0.3, -0.25) is 4.79 Å². The third kappa shape index (κ3) is 3.71. The fraction of sp³-hybridized carbons (Fsp3) is 0.312. The van der Waals surface area contributed by atoms with E-state index in [1.54, 1.807) is 12.1 Å². The lowest BCUT2D eigenvalue weighted by Gasteiger charge is -2.35. The van der Waals surface area contributed by atoms with E-state index < -0.39 is 0 Å². The Balaban J connectivity index is 1.84. The lowest BCUT2D eigenvalue weighted by atomic mass is 10.2. The van der Waals surface area contributed by atoms with Crippen LogP contribution in [0, 0.1) is 0 Å². The van der Waals surface area contributed by atoms with Crippen LogP contribution in [-0.2, 0) is 0 Å². The van der Waals surface area contributed by atoms with Crippen molar-refractivity contribution in [2.24, 2.45) is 0 Å². The van der Waals surface area contributed by atoms with E-state index in [0.717, 1.165) is 31.9 Å². The number of hydrogen-bond donors (Lipinski definition) is 1. The summed E-state index contributed by atoms with van der Waals surface area (Å²) in [6, 6.07) is 8.84. The van der Waals surface area contributed by atoms with Crippen LogP contribution in [0.3, 0.4) is 0 Å². The van der Waals surface area contributed by atoms with E-state index in [-0.39, 0.29) is 11.7 Å². The second-order valence-corrected chi connectivity index (χ2v) is 6.67. The number of likely N-dealkylation sites (N-methyl/N-ethyl adjacent to an activating group) is 1. The van der Waals surface area contributed by atoms with Crippen molar-refractivity contribution in [1.82, 2.24) is 4.90 Å². The van der Waals surface area contributed by atoms with Crippen molar-refractivity contribution < 1.29 is 9.21 Å². The Bertz CT molecular complexity index is 711. The molecule has 0 bridgehead atoms. The SMILES string of the molecule is CN1CCN(c2c(Cl)cccc2NC(=O)c2ccc(Br)o2)CC1. The number of anilines is 2. The monoisotopic (exact) mass is 397 g/mol. The molecule has 0 aliphatic carbocycles. The first-order chi connectivity index (χ1) is 11.0. The minimum atomic E-state index is -0.298. The minimum absolute atomic E-state index is 0.251. The molecular weight excluding hydrogens is 382 g/mol. The molecule has 3 rings (SSSR count). The van der Waals surface area contributed by atoms with Gasteiger partial charge in [-0.1, -0.05) is 17.7 Å². The number of para-hydroxylation sites is 1. The molecule has 1 saturated heterocycles. The Morgan fingerprint density at radius 3 is 2.61 bits per heavy atom. The number of piperazine rings is 1. The second kappa shape index (κ2) is 6.95. The predicted molar refractivity (Wildman–Crippen MR) is 95.5 cm³/mol. The van der Waals surface area contributed by atoms with Gasteiger partial charge in [0.2, 0.25) is 0 Å². The highest BCUT2D eigenvalue weighted by atomic mass is 79.9. The van der Waals surface area contributed by atoms with Crippen LogP contribution in [-0.4, -0.2) is 44.0 Å². The first-order valence-corrected chi connectivity index (χ1v) is 8.50. The van der Waals surface area contributed by atoms with Crippen LogP contribution in [0.5, 0.6) is 0 Å². The van der Waals surface area contributed by atoms with E-state index in [4.69, 9.17) is 16.0 Å². The predicted octanol–water partition coefficient (Wildman–Crippen LogP) is 3.70. The second-order valence-electron chi connectivity index (χ2n) is 5.48. The molecule has 23 heavy (non-hydrogen) atoms. The molecule has 0 radical (unpaired) electrons. The Kier molecular flexibility index (Phi) is 4.94. The first kappa shape index (κ1) is 16.4. The third-order valence-electron chi connectivity index (χ3n) is 3.85. The highest BCUT2D eigenvalue weighted by Crippen LogP contribution is 2.35. The standard InChI is InChI=1S/C16H17BrClN3O2/c1-20-7-9-21(10-8-20)15-11(18)3-2-4-12(15)19-16(22)13-5-6-14(17)23-13/h2-6H,7-10H2,1H3,(H,19,22). The van der Waals surface area contributed by atoms with Crippen molar-refractivity contribution in [1.29, 1.82) is 0 Å². The maximum atomic E-state index is 12.3. The van der Waals surface area contributed by atoms with Crippen LogP contribution >= 0.6 is 27.5 Å². The number of nitrogens with one attached hydrogen (secondary N) is 1. The molecule has 5 nitrogen and oxygen atoms in total. The molecule has 1 aromatic carbocycles. The van der Waals surface area contributed by atoms with Crippen LogP contribution in [0.1, 0.15) is 10.6 Å². The van der Waals surface area contributed by atoms with Crippen molar-refractivity contribution in [2.45, 2.75) is 0 Å². The summed E-state index contributed by atoms with van der Waals surface area (Å²) in [6.45, 7) is 3.66. The summed E-state index contributed by atoms with van der Waals surface area (Å²) in [6.07, 6.45) is 0. The summed E-state index contributed by atoms with van der Waals surface area (Å²) < 4.78 is 5.82. The average molecular weight is 399 g/mol. The topological polar surface area (TPSA) is 48.7 Å². The van der Waals surface area contributed by atoms with Crippen molar-refractivity contribution in [3.05, 3.63) is 45.8 Å². The number of carbonyl (C=O) groups excluding carboxylic acids is 1. The van der Waals surface area contributed by atoms with Crippen LogP contribution < -0.4 is 10.2 Å². The van der Waals surface area contributed by atoms with Crippen molar-refractivity contribution >= 4 is 44.8 Å². The molecule has 1 aromatic heterocycles. The van der Waals surface area contributed by atoms with E-state index in [0.29, 0.717) is 15.4 Å². The van der Waals surface area contributed by atoms with E-state index >= 15 is 0 Å². The minimum Gasteiger partial charge on any atom is -0.444 e. The fourth-order valence-electron chi connectivity index (χ4n) is 2.59. The average Bonchev–Trinajstić information content (AvgIpc) is 2.96. The van der Waals surface area contributed by atoms with Gasteiger partial charge < -0.3 is 19.5 Å². The molecule has 122 valence electrons. The molecule has 2 aromatic rings. The number of carbonyl (C=O) groups is 1. The quantitative estimate of drug-likeness (QED) is 0.856. The van der Waals surface area contributed by atoms with Gasteiger partial charge in [-0.15, -0.1) is 0 Å². The zero-order valence-electron chi connectivity index (χ0n) is 12.7. The molecule has 1 aliphatic heterocycles. The molecule has 0 saturated carbocycles. The summed E-state index contributed by atoms with van der Waals surface area (Å²) in [5.41, 5.74) is 1.56. The zero-order chi connectivity index (χ0) is 16.4. The maximum absolute atomic E-state index is 12.3. The summed E-state index contributed by atoms with van der Waals surface area (Å²) in [7, 11) is 2.10. The molecule has 0 atom stereocenters. The van der Waals surface area contributed by atoms with E-state index in [9.17, 15) is 4.79 Å². The van der Waals surface area contributed by atoms with Crippen molar-refractivity contribution in [3.63, 3.8) is 0 Å². The van der Waals surface area contributed by atoms with Crippen LogP contribution in [0.4, 0.5) is 11.4 Å². The molecule has 0 spiro atoms. The van der Waals surface area contributed by atoms with E-state index in [1.165, 1.54) is 0 Å². The Labute approximate surface area is 148 Å². The largest absolute Gasteiger partial charge is 0.444 e. The number of hydrogen-bond acceptors (Lipinski definition) is 4. The van der Waals surface area contributed by atoms with Crippen LogP contribution in [0.15, 0.2) is 39.4 Å². The first-order valence-electron chi connectivity index (χ1n) is 7.33. The molecule has 2 heterocycles. The summed E-state index contributed by atoms with van der Waals surface area (Å²) in [5.74, 6) is -0.0467. The Hall–Kier alpha value is -1.50. The molecular formula is C16H17BrClN3O2. The maximum Gasteiger partial charge on any atom is 0.291 e. The summed E-state index contributed by atoms with van der Waals surface area (Å²) >= 11 is 9.59. The van der Waals surface area contributed by atoms with Gasteiger partial charge in [0.05, 0.1) is 16.4 Å². The number of halogens is 2. The fourth-order valence-corrected chi connectivity index (χ4v) is 3.19. The van der Waals surface area contributed by atoms with Gasteiger partial charge in [-0.2, -0.15) is 0 Å². The molecule has 1 aliphatic rings. The highest BCUT2D eigenvalue weighted by Gasteiger charge is 2.21. The van der Waals surface area contributed by atoms with Gasteiger partial charge in [0.25, 0.3) is 5.91 Å². The van der Waals surface area contributed by atoms with Gasteiger partial charge in [0, 0.05) is 26.2 Å². The van der Waals surface area contributed by atoms with Gasteiger partial charge in [-0.25, -0.2) is 0 Å². The molecule has 7 heteroatoms. The summed E-state index contributed by atoms with van der Waals surface area (Å²) in [5, 5.41) is 3.53. The van der Waals surface area contributed by atoms with Gasteiger partial charge in [0.1, 0.15) is 0 Å². The molecule has 1 fully saturated rings. The van der Waals surface area contributed by atoms with Gasteiger partial charge in [0.15, 0.2) is 10.4 Å². The number of nitrogens with zero attached hydrogens (tertiary/aromatic N) is 2. The lowest BCUT2D eigenvalue weighted by molar-refractivity contribution is 0.0995. The van der Waals surface area contributed by atoms with Crippen LogP contribution in [0.25, 0.3) is 0 Å². The van der Waals surface area contributed by atoms with Crippen molar-refractivity contribution in [2.75, 3.05) is 43.4 Å². The van der Waals surface area contributed by atoms with Gasteiger partial charge in [-0.05, 0) is 47.2 Å². The molecule has 1 amide bonds. The van der Waals surface area contributed by atoms with E-state index in [2.05, 4.69) is 38.1 Å². The number of amides is 1. The van der Waals surface area contributed by atoms with Gasteiger partial charge >= 0.3 is 0 Å². The number of rotatable bonds is 3. The smallest absolute Gasteiger partial charge is 0.291 e. The zero-order valence-corrected chi connectivity index (χ0v) is 15.0. The number of furan rings is 1. The Morgan fingerprint density at radius 2 is 1.96 bits per heavy atom. The molecule has 1 N–H and O–H groups in total. The van der Waals surface area contributed by atoms with E-state index in [1.807, 2.05) is 18.2 Å². The van der Waals surface area contributed by atoms with Crippen molar-refractivity contribution in [3.8, 4) is 0 Å². The highest BCUT2D eigenvalue weighted by molar-refractivity contribution is 9.10. The van der Waals surface area contributed by atoms with Crippen LogP contribution in [0.2, 0.25) is 5.02 Å². The lowest BCUT2D eigenvalue weighted by Crippen LogP contribution is -2.44. The summed E-state index contributed by atoms with van der Waals surface area (Å²) in [4.78, 5) is 16.8. The number of benzene rings is 1. The Morgan fingerprint density at radius 1 is 1.22 bits per heavy atom. The normalized spacial score (nSPS) is 15.7. The third-order valence-corrected chi connectivity index (χ3v) is 4.58.